The van der Waals surface area contributed by atoms with Crippen molar-refractivity contribution in [2.75, 3.05) is 13.6 Å². The van der Waals surface area contributed by atoms with Crippen LogP contribution < -0.4 is 5.32 Å². The number of hydrogen-bond acceptors (Lipinski definition) is 1. The van der Waals surface area contributed by atoms with Gasteiger partial charge < -0.3 is 5.32 Å². The molecule has 0 aliphatic carbocycles. The Labute approximate surface area is 119 Å². The molecule has 1 unspecified atom stereocenters. The van der Waals surface area contributed by atoms with Gasteiger partial charge in [0.05, 0.1) is 0 Å². The molecule has 0 saturated carbocycles. The molecule has 0 fully saturated rings. The quantitative estimate of drug-likeness (QED) is 0.637. The minimum atomic E-state index is 0.513. The third-order valence-electron chi connectivity index (χ3n) is 4.38. The zero-order valence-corrected chi connectivity index (χ0v) is 13.0. The van der Waals surface area contributed by atoms with E-state index in [2.05, 4.69) is 56.5 Å². The van der Waals surface area contributed by atoms with E-state index < -0.39 is 0 Å². The van der Waals surface area contributed by atoms with Crippen molar-refractivity contribution in [3.05, 3.63) is 35.9 Å². The molecule has 1 aromatic carbocycles. The highest BCUT2D eigenvalue weighted by Crippen LogP contribution is 2.34. The van der Waals surface area contributed by atoms with Gasteiger partial charge in [0, 0.05) is 6.54 Å². The van der Waals surface area contributed by atoms with Crippen molar-refractivity contribution < 1.29 is 0 Å². The van der Waals surface area contributed by atoms with E-state index in [9.17, 15) is 0 Å². The molecule has 0 aromatic heterocycles. The third-order valence-corrected chi connectivity index (χ3v) is 4.38. The Hall–Kier alpha value is -0.820. The predicted octanol–water partition coefficient (Wildman–Crippen LogP) is 4.82. The van der Waals surface area contributed by atoms with E-state index >= 15 is 0 Å². The van der Waals surface area contributed by atoms with E-state index in [1.807, 2.05) is 0 Å². The fourth-order valence-electron chi connectivity index (χ4n) is 3.02. The monoisotopic (exact) mass is 261 g/mol. The van der Waals surface area contributed by atoms with Crippen molar-refractivity contribution in [1.29, 1.82) is 0 Å². The van der Waals surface area contributed by atoms with Crippen LogP contribution in [0.25, 0.3) is 0 Å². The van der Waals surface area contributed by atoms with E-state index in [1.165, 1.54) is 50.5 Å². The summed E-state index contributed by atoms with van der Waals surface area (Å²) in [5.41, 5.74) is 1.99. The molecule has 0 radical (unpaired) electrons. The highest BCUT2D eigenvalue weighted by atomic mass is 14.8. The van der Waals surface area contributed by atoms with Gasteiger partial charge in [-0.1, -0.05) is 57.0 Å². The fraction of sp³-hybridized carbons (Fsp3) is 0.667. The molecule has 1 N–H and O–H groups in total. The number of unbranched alkanes of at least 4 members (excludes halogenated alkanes) is 1. The molecule has 0 aliphatic heterocycles. The predicted molar refractivity (Wildman–Crippen MR) is 85.6 cm³/mol. The molecular weight excluding hydrogens is 230 g/mol. The highest BCUT2D eigenvalue weighted by Gasteiger charge is 2.25. The molecule has 0 aliphatic rings. The number of nitrogens with one attached hydrogen (secondary N) is 1. The van der Waals surface area contributed by atoms with Gasteiger partial charge in [0.25, 0.3) is 0 Å². The van der Waals surface area contributed by atoms with Crippen LogP contribution >= 0.6 is 0 Å². The largest absolute Gasteiger partial charge is 0.319 e. The minimum absolute atomic E-state index is 0.513. The molecule has 108 valence electrons. The normalized spacial score (nSPS) is 14.3. The number of hydrogen-bond donors (Lipinski definition) is 1. The molecule has 0 bridgehead atoms. The number of benzene rings is 1. The third kappa shape index (κ3) is 5.78. The molecule has 1 rings (SSSR count). The van der Waals surface area contributed by atoms with Crippen LogP contribution in [0.15, 0.2) is 30.3 Å². The van der Waals surface area contributed by atoms with E-state index in [4.69, 9.17) is 0 Å². The SMILES string of the molecule is CCCCC(CC)(CCCc1ccccc1)CNC. The standard InChI is InChI=1S/C18H31N/c1-4-6-14-18(5-2,16-19-3)15-10-13-17-11-8-7-9-12-17/h7-9,11-12,19H,4-6,10,13-16H2,1-3H3. The molecule has 1 aromatic rings. The molecule has 0 heterocycles. The lowest BCUT2D eigenvalue weighted by molar-refractivity contribution is 0.212. The first kappa shape index (κ1) is 16.2. The molecule has 1 atom stereocenters. The first-order valence-corrected chi connectivity index (χ1v) is 7.95. The maximum atomic E-state index is 3.42. The summed E-state index contributed by atoms with van der Waals surface area (Å²) < 4.78 is 0. The molecule has 0 amide bonds. The van der Waals surface area contributed by atoms with Gasteiger partial charge >= 0.3 is 0 Å². The van der Waals surface area contributed by atoms with Crippen LogP contribution in [-0.4, -0.2) is 13.6 Å². The lowest BCUT2D eigenvalue weighted by Gasteiger charge is -2.33. The summed E-state index contributed by atoms with van der Waals surface area (Å²) in [6.07, 6.45) is 9.21. The Morgan fingerprint density at radius 2 is 1.68 bits per heavy atom. The Morgan fingerprint density at radius 1 is 1.00 bits per heavy atom. The van der Waals surface area contributed by atoms with Gasteiger partial charge in [0.2, 0.25) is 0 Å². The fourth-order valence-corrected chi connectivity index (χ4v) is 3.02. The van der Waals surface area contributed by atoms with Crippen molar-refractivity contribution >= 4 is 0 Å². The van der Waals surface area contributed by atoms with Gasteiger partial charge in [0.15, 0.2) is 0 Å². The average Bonchev–Trinajstić information content (AvgIpc) is 2.46. The summed E-state index contributed by atoms with van der Waals surface area (Å²) >= 11 is 0. The maximum absolute atomic E-state index is 3.42. The second kappa shape index (κ2) is 9.14. The van der Waals surface area contributed by atoms with Crippen LogP contribution in [0.1, 0.15) is 57.9 Å². The summed E-state index contributed by atoms with van der Waals surface area (Å²) in [6.45, 7) is 5.82. The van der Waals surface area contributed by atoms with Crippen molar-refractivity contribution in [3.8, 4) is 0 Å². The second-order valence-corrected chi connectivity index (χ2v) is 5.83. The average molecular weight is 261 g/mol. The van der Waals surface area contributed by atoms with E-state index in [0.29, 0.717) is 5.41 Å². The zero-order chi connectivity index (χ0) is 14.0. The molecule has 1 heteroatoms. The van der Waals surface area contributed by atoms with Gasteiger partial charge in [-0.2, -0.15) is 0 Å². The van der Waals surface area contributed by atoms with Crippen molar-refractivity contribution in [3.63, 3.8) is 0 Å². The summed E-state index contributed by atoms with van der Waals surface area (Å²) in [4.78, 5) is 0. The van der Waals surface area contributed by atoms with Crippen molar-refractivity contribution in [1.82, 2.24) is 5.32 Å². The van der Waals surface area contributed by atoms with Crippen LogP contribution in [0.2, 0.25) is 0 Å². The summed E-state index contributed by atoms with van der Waals surface area (Å²) in [5, 5.41) is 3.42. The summed E-state index contributed by atoms with van der Waals surface area (Å²) in [6, 6.07) is 10.9. The molecule has 19 heavy (non-hydrogen) atoms. The minimum Gasteiger partial charge on any atom is -0.319 e. The van der Waals surface area contributed by atoms with Crippen LogP contribution in [-0.2, 0) is 6.42 Å². The van der Waals surface area contributed by atoms with Crippen LogP contribution in [0.5, 0.6) is 0 Å². The van der Waals surface area contributed by atoms with Crippen molar-refractivity contribution in [2.24, 2.45) is 5.41 Å². The maximum Gasteiger partial charge on any atom is 0.000470 e. The van der Waals surface area contributed by atoms with E-state index in [-0.39, 0.29) is 0 Å². The zero-order valence-electron chi connectivity index (χ0n) is 13.0. The van der Waals surface area contributed by atoms with Crippen LogP contribution in [0, 0.1) is 5.41 Å². The summed E-state index contributed by atoms with van der Waals surface area (Å²) in [5.74, 6) is 0. The Morgan fingerprint density at radius 3 is 2.26 bits per heavy atom. The molecule has 1 nitrogen and oxygen atoms in total. The molecule has 0 saturated heterocycles. The number of aryl methyl sites for hydroxylation is 1. The van der Waals surface area contributed by atoms with Crippen LogP contribution in [0.3, 0.4) is 0 Å². The lowest BCUT2D eigenvalue weighted by atomic mass is 9.75. The smallest absolute Gasteiger partial charge is 0.000470 e. The van der Waals surface area contributed by atoms with E-state index in [1.54, 1.807) is 0 Å². The van der Waals surface area contributed by atoms with Gasteiger partial charge in [0.1, 0.15) is 0 Å². The first-order valence-electron chi connectivity index (χ1n) is 7.95. The summed E-state index contributed by atoms with van der Waals surface area (Å²) in [7, 11) is 2.09. The lowest BCUT2D eigenvalue weighted by Crippen LogP contribution is -2.32. The Kier molecular flexibility index (Phi) is 7.81. The Bertz CT molecular complexity index is 320. The van der Waals surface area contributed by atoms with Gasteiger partial charge in [-0.25, -0.2) is 0 Å². The first-order chi connectivity index (χ1) is 9.26. The molecular formula is C18H31N. The van der Waals surface area contributed by atoms with Crippen LogP contribution in [0.4, 0.5) is 0 Å². The molecule has 0 spiro atoms. The number of rotatable bonds is 10. The topological polar surface area (TPSA) is 12.0 Å². The van der Waals surface area contributed by atoms with E-state index in [0.717, 1.165) is 6.54 Å². The highest BCUT2D eigenvalue weighted by molar-refractivity contribution is 5.14. The van der Waals surface area contributed by atoms with Crippen molar-refractivity contribution in [2.45, 2.75) is 58.8 Å². The Balaban J connectivity index is 2.47. The van der Waals surface area contributed by atoms with Gasteiger partial charge in [-0.05, 0) is 50.1 Å². The second-order valence-electron chi connectivity index (χ2n) is 5.83. The van der Waals surface area contributed by atoms with Gasteiger partial charge in [-0.15, -0.1) is 0 Å². The van der Waals surface area contributed by atoms with Gasteiger partial charge in [-0.3, -0.25) is 0 Å².